The predicted octanol–water partition coefficient (Wildman–Crippen LogP) is 5.21. The Bertz CT molecular complexity index is 825. The summed E-state index contributed by atoms with van der Waals surface area (Å²) >= 11 is 6.78. The van der Waals surface area contributed by atoms with Gasteiger partial charge in [0.2, 0.25) is 0 Å². The lowest BCUT2D eigenvalue weighted by Crippen LogP contribution is -2.28. The van der Waals surface area contributed by atoms with Crippen molar-refractivity contribution in [1.29, 1.82) is 0 Å². The second-order valence-corrected chi connectivity index (χ2v) is 6.97. The van der Waals surface area contributed by atoms with E-state index in [0.29, 0.717) is 9.23 Å². The van der Waals surface area contributed by atoms with Crippen LogP contribution in [0.15, 0.2) is 71.7 Å². The zero-order valence-electron chi connectivity index (χ0n) is 13.3. The maximum atomic E-state index is 12.7. The fraction of sp³-hybridized carbons (Fsp3) is 0.100. The van der Waals surface area contributed by atoms with Gasteiger partial charge in [-0.3, -0.25) is 9.69 Å². The van der Waals surface area contributed by atoms with E-state index in [0.717, 1.165) is 23.2 Å². The average molecular weight is 351 g/mol. The van der Waals surface area contributed by atoms with Crippen LogP contribution in [0, 0.1) is 0 Å². The van der Waals surface area contributed by atoms with Crippen molar-refractivity contribution in [3.63, 3.8) is 0 Å². The van der Waals surface area contributed by atoms with Crippen molar-refractivity contribution in [2.24, 2.45) is 0 Å². The number of hydrogen-bond donors (Lipinski definition) is 0. The summed E-state index contributed by atoms with van der Waals surface area (Å²) in [5.74, 6) is -0.0522. The standard InChI is InChI=1S/C20H17NOS2/c1-2-16-12-6-7-13-17(16)21-19(22)18(24-20(21)23)14-8-11-15-9-4-3-5-10-15/h3-14H,2H2,1H3. The number of hydrogen-bond acceptors (Lipinski definition) is 3. The molecule has 1 saturated heterocycles. The summed E-state index contributed by atoms with van der Waals surface area (Å²) in [6.45, 7) is 2.08. The first-order valence-corrected chi connectivity index (χ1v) is 9.00. The third-order valence-corrected chi connectivity index (χ3v) is 5.06. The first-order valence-electron chi connectivity index (χ1n) is 7.78. The van der Waals surface area contributed by atoms with Crippen LogP contribution in [-0.4, -0.2) is 10.2 Å². The Morgan fingerprint density at radius 2 is 1.79 bits per heavy atom. The Kier molecular flexibility index (Phi) is 5.28. The molecule has 2 nitrogen and oxygen atoms in total. The van der Waals surface area contributed by atoms with E-state index in [1.165, 1.54) is 11.8 Å². The van der Waals surface area contributed by atoms with Crippen LogP contribution in [0.4, 0.5) is 5.69 Å². The first kappa shape index (κ1) is 16.7. The van der Waals surface area contributed by atoms with Gasteiger partial charge in [-0.25, -0.2) is 0 Å². The van der Waals surface area contributed by atoms with Gasteiger partial charge in [0.15, 0.2) is 4.32 Å². The second kappa shape index (κ2) is 7.60. The molecule has 0 atom stereocenters. The highest BCUT2D eigenvalue weighted by atomic mass is 32.2. The summed E-state index contributed by atoms with van der Waals surface area (Å²) in [7, 11) is 0. The Morgan fingerprint density at radius 1 is 1.08 bits per heavy atom. The van der Waals surface area contributed by atoms with Gasteiger partial charge in [0, 0.05) is 0 Å². The highest BCUT2D eigenvalue weighted by Crippen LogP contribution is 2.36. The van der Waals surface area contributed by atoms with Crippen LogP contribution in [-0.2, 0) is 11.2 Å². The normalized spacial score (nSPS) is 16.5. The zero-order valence-corrected chi connectivity index (χ0v) is 14.9. The highest BCUT2D eigenvalue weighted by molar-refractivity contribution is 8.27. The molecule has 1 amide bonds. The molecule has 2 aromatic carbocycles. The van der Waals surface area contributed by atoms with Crippen LogP contribution < -0.4 is 4.90 Å². The van der Waals surface area contributed by atoms with E-state index >= 15 is 0 Å². The van der Waals surface area contributed by atoms with Gasteiger partial charge in [-0.2, -0.15) is 0 Å². The molecule has 1 aliphatic rings. The third-order valence-electron chi connectivity index (χ3n) is 3.74. The van der Waals surface area contributed by atoms with Gasteiger partial charge >= 0.3 is 0 Å². The molecule has 4 heteroatoms. The molecular formula is C20H17NOS2. The summed E-state index contributed by atoms with van der Waals surface area (Å²) in [5, 5.41) is 0. The quantitative estimate of drug-likeness (QED) is 0.557. The van der Waals surface area contributed by atoms with Gasteiger partial charge in [0.25, 0.3) is 5.91 Å². The van der Waals surface area contributed by atoms with E-state index in [2.05, 4.69) is 6.92 Å². The number of thiocarbonyl (C=S) groups is 1. The van der Waals surface area contributed by atoms with E-state index in [1.54, 1.807) is 4.90 Å². The van der Waals surface area contributed by atoms with Gasteiger partial charge < -0.3 is 0 Å². The van der Waals surface area contributed by atoms with Crippen LogP contribution in [0.1, 0.15) is 18.1 Å². The number of thioether (sulfide) groups is 1. The van der Waals surface area contributed by atoms with Gasteiger partial charge in [-0.05, 0) is 29.7 Å². The lowest BCUT2D eigenvalue weighted by atomic mass is 10.1. The van der Waals surface area contributed by atoms with Crippen molar-refractivity contribution in [2.45, 2.75) is 13.3 Å². The van der Waals surface area contributed by atoms with Crippen molar-refractivity contribution < 1.29 is 4.79 Å². The van der Waals surface area contributed by atoms with E-state index in [-0.39, 0.29) is 5.91 Å². The SMILES string of the molecule is CCc1ccccc1N1C(=O)C(=CC=Cc2ccccc2)SC1=S. The predicted molar refractivity (Wildman–Crippen MR) is 107 cm³/mol. The van der Waals surface area contributed by atoms with E-state index in [9.17, 15) is 4.79 Å². The molecule has 1 aliphatic heterocycles. The molecular weight excluding hydrogens is 334 g/mol. The fourth-order valence-corrected chi connectivity index (χ4v) is 3.76. The smallest absolute Gasteiger partial charge is 0.268 e. The zero-order chi connectivity index (χ0) is 16.9. The topological polar surface area (TPSA) is 20.3 Å². The van der Waals surface area contributed by atoms with Crippen LogP contribution in [0.25, 0.3) is 6.08 Å². The lowest BCUT2D eigenvalue weighted by molar-refractivity contribution is -0.113. The second-order valence-electron chi connectivity index (χ2n) is 5.29. The molecule has 0 spiro atoms. The number of carbonyl (C=O) groups excluding carboxylic acids is 1. The summed E-state index contributed by atoms with van der Waals surface area (Å²) in [6.07, 6.45) is 6.57. The molecule has 24 heavy (non-hydrogen) atoms. The van der Waals surface area contributed by atoms with E-state index in [4.69, 9.17) is 12.2 Å². The minimum absolute atomic E-state index is 0.0522. The van der Waals surface area contributed by atoms with Crippen LogP contribution in [0.2, 0.25) is 0 Å². The summed E-state index contributed by atoms with van der Waals surface area (Å²) in [5.41, 5.74) is 3.10. The molecule has 0 N–H and O–H groups in total. The maximum absolute atomic E-state index is 12.7. The Hall–Kier alpha value is -2.17. The summed E-state index contributed by atoms with van der Waals surface area (Å²) in [4.78, 5) is 15.0. The summed E-state index contributed by atoms with van der Waals surface area (Å²) in [6, 6.07) is 17.9. The molecule has 3 rings (SSSR count). The molecule has 1 fully saturated rings. The van der Waals surface area contributed by atoms with Crippen molar-refractivity contribution in [2.75, 3.05) is 4.90 Å². The molecule has 120 valence electrons. The molecule has 0 unspecified atom stereocenters. The van der Waals surface area contributed by atoms with E-state index in [1.807, 2.05) is 72.8 Å². The maximum Gasteiger partial charge on any atom is 0.270 e. The number of nitrogens with zero attached hydrogens (tertiary/aromatic N) is 1. The molecule has 0 radical (unpaired) electrons. The molecule has 0 aliphatic carbocycles. The number of benzene rings is 2. The Morgan fingerprint density at radius 3 is 2.54 bits per heavy atom. The minimum atomic E-state index is -0.0522. The molecule has 0 saturated carbocycles. The average Bonchev–Trinajstić information content (AvgIpc) is 2.89. The van der Waals surface area contributed by atoms with Crippen molar-refractivity contribution in [1.82, 2.24) is 0 Å². The number of rotatable bonds is 4. The molecule has 1 heterocycles. The van der Waals surface area contributed by atoms with Gasteiger partial charge in [0.05, 0.1) is 10.6 Å². The minimum Gasteiger partial charge on any atom is -0.268 e. The monoisotopic (exact) mass is 351 g/mol. The van der Waals surface area contributed by atoms with Gasteiger partial charge in [-0.15, -0.1) is 0 Å². The fourth-order valence-electron chi connectivity index (χ4n) is 2.53. The van der Waals surface area contributed by atoms with Gasteiger partial charge in [0.1, 0.15) is 0 Å². The van der Waals surface area contributed by atoms with Crippen LogP contribution >= 0.6 is 24.0 Å². The third kappa shape index (κ3) is 3.50. The number of para-hydroxylation sites is 1. The number of allylic oxidation sites excluding steroid dienone is 2. The number of amides is 1. The highest BCUT2D eigenvalue weighted by Gasteiger charge is 2.33. The number of anilines is 1. The summed E-state index contributed by atoms with van der Waals surface area (Å²) < 4.78 is 0.584. The lowest BCUT2D eigenvalue weighted by Gasteiger charge is -2.17. The van der Waals surface area contributed by atoms with E-state index < -0.39 is 0 Å². The largest absolute Gasteiger partial charge is 0.270 e. The molecule has 0 bridgehead atoms. The first-order chi connectivity index (χ1) is 11.7. The van der Waals surface area contributed by atoms with Crippen molar-refractivity contribution in [3.05, 3.63) is 82.8 Å². The number of aryl methyl sites for hydroxylation is 1. The Balaban J connectivity index is 1.84. The van der Waals surface area contributed by atoms with Crippen LogP contribution in [0.3, 0.4) is 0 Å². The molecule has 0 aromatic heterocycles. The van der Waals surface area contributed by atoms with Gasteiger partial charge in [-0.1, -0.05) is 91.6 Å². The van der Waals surface area contributed by atoms with Crippen molar-refractivity contribution >= 4 is 46.0 Å². The van der Waals surface area contributed by atoms with Crippen molar-refractivity contribution in [3.8, 4) is 0 Å². The molecule has 2 aromatic rings. The Labute approximate surface area is 151 Å². The van der Waals surface area contributed by atoms with Crippen LogP contribution in [0.5, 0.6) is 0 Å². The number of carbonyl (C=O) groups is 1.